The number of ether oxygens (including phenoxy) is 1. The number of nitrogens with zero attached hydrogens (tertiary/aromatic N) is 2. The van der Waals surface area contributed by atoms with E-state index >= 15 is 0 Å². The summed E-state index contributed by atoms with van der Waals surface area (Å²) in [4.78, 5) is 29.3. The summed E-state index contributed by atoms with van der Waals surface area (Å²) in [5.74, 6) is -0.895. The Hall–Kier alpha value is -2.83. The maximum Gasteiger partial charge on any atom is 0.295 e. The van der Waals surface area contributed by atoms with Crippen LogP contribution in [0.2, 0.25) is 5.02 Å². The summed E-state index contributed by atoms with van der Waals surface area (Å²) in [5, 5.41) is 11.6. The lowest BCUT2D eigenvalue weighted by Crippen LogP contribution is -2.35. The topological polar surface area (TPSA) is 70.1 Å². The van der Waals surface area contributed by atoms with Gasteiger partial charge in [-0.05, 0) is 69.9 Å². The van der Waals surface area contributed by atoms with E-state index in [0.717, 1.165) is 0 Å². The van der Waals surface area contributed by atoms with Crippen molar-refractivity contribution in [2.75, 3.05) is 27.2 Å². The Morgan fingerprint density at radius 2 is 1.84 bits per heavy atom. The Morgan fingerprint density at radius 3 is 2.42 bits per heavy atom. The molecule has 7 heteroatoms. The molecule has 0 bridgehead atoms. The maximum atomic E-state index is 13.0. The average Bonchev–Trinajstić information content (AvgIpc) is 2.96. The molecule has 0 spiro atoms. The molecule has 31 heavy (non-hydrogen) atoms. The van der Waals surface area contributed by atoms with Gasteiger partial charge in [-0.15, -0.1) is 0 Å². The largest absolute Gasteiger partial charge is 0.507 e. The molecule has 1 N–H and O–H groups in total. The zero-order valence-electron chi connectivity index (χ0n) is 18.1. The smallest absolute Gasteiger partial charge is 0.295 e. The third-order valence-electron chi connectivity index (χ3n) is 4.99. The van der Waals surface area contributed by atoms with Crippen molar-refractivity contribution in [3.8, 4) is 5.75 Å². The normalized spacial score (nSPS) is 18.3. The summed E-state index contributed by atoms with van der Waals surface area (Å²) in [6.45, 7) is 4.76. The van der Waals surface area contributed by atoms with Crippen LogP contribution in [0.3, 0.4) is 0 Å². The number of halogens is 1. The van der Waals surface area contributed by atoms with Gasteiger partial charge in [-0.25, -0.2) is 0 Å². The van der Waals surface area contributed by atoms with E-state index in [1.807, 2.05) is 32.8 Å². The van der Waals surface area contributed by atoms with Crippen molar-refractivity contribution >= 4 is 29.1 Å². The van der Waals surface area contributed by atoms with Crippen LogP contribution < -0.4 is 4.74 Å². The highest BCUT2D eigenvalue weighted by Gasteiger charge is 2.45. The molecule has 1 saturated heterocycles. The van der Waals surface area contributed by atoms with Crippen LogP contribution in [0.25, 0.3) is 5.76 Å². The highest BCUT2D eigenvalue weighted by Crippen LogP contribution is 2.40. The molecule has 3 rings (SSSR count). The number of likely N-dealkylation sites (tertiary alicyclic amines) is 1. The Balaban J connectivity index is 2.08. The van der Waals surface area contributed by atoms with E-state index in [1.54, 1.807) is 48.5 Å². The molecule has 6 nitrogen and oxygen atoms in total. The highest BCUT2D eigenvalue weighted by molar-refractivity contribution is 6.46. The number of carbonyl (C=O) groups excluding carboxylic acids is 2. The fraction of sp³-hybridized carbons (Fsp3) is 0.333. The van der Waals surface area contributed by atoms with Gasteiger partial charge >= 0.3 is 0 Å². The molecule has 1 aliphatic rings. The van der Waals surface area contributed by atoms with Gasteiger partial charge in [-0.3, -0.25) is 9.59 Å². The number of likely N-dealkylation sites (N-methyl/N-ethyl adjacent to an activating group) is 1. The molecule has 1 fully saturated rings. The second-order valence-corrected chi connectivity index (χ2v) is 8.48. The predicted molar refractivity (Wildman–Crippen MR) is 121 cm³/mol. The maximum absolute atomic E-state index is 13.0. The zero-order chi connectivity index (χ0) is 22.7. The van der Waals surface area contributed by atoms with Gasteiger partial charge in [0.1, 0.15) is 11.5 Å². The lowest BCUT2D eigenvalue weighted by Gasteiger charge is -2.26. The number of aliphatic hydroxyl groups is 1. The van der Waals surface area contributed by atoms with Crippen LogP contribution in [0.1, 0.15) is 31.0 Å². The third-order valence-corrected chi connectivity index (χ3v) is 5.23. The summed E-state index contributed by atoms with van der Waals surface area (Å²) >= 11 is 6.19. The third kappa shape index (κ3) is 5.09. The molecule has 1 unspecified atom stereocenters. The first-order valence-electron chi connectivity index (χ1n) is 10.1. The van der Waals surface area contributed by atoms with Gasteiger partial charge in [0.15, 0.2) is 0 Å². The van der Waals surface area contributed by atoms with Crippen LogP contribution in [0.15, 0.2) is 54.1 Å². The number of hydrogen-bond acceptors (Lipinski definition) is 5. The number of amides is 1. The van der Waals surface area contributed by atoms with E-state index in [0.29, 0.717) is 35.0 Å². The van der Waals surface area contributed by atoms with E-state index in [4.69, 9.17) is 16.3 Å². The van der Waals surface area contributed by atoms with Gasteiger partial charge in [-0.2, -0.15) is 0 Å². The van der Waals surface area contributed by atoms with E-state index in [-0.39, 0.29) is 17.4 Å². The first-order chi connectivity index (χ1) is 14.7. The molecule has 1 atom stereocenters. The minimum atomic E-state index is -0.717. The van der Waals surface area contributed by atoms with Gasteiger partial charge in [0, 0.05) is 23.7 Å². The monoisotopic (exact) mass is 442 g/mol. The summed E-state index contributed by atoms with van der Waals surface area (Å²) < 4.78 is 5.64. The van der Waals surface area contributed by atoms with Gasteiger partial charge in [0.2, 0.25) is 0 Å². The second-order valence-electron chi connectivity index (χ2n) is 8.04. The van der Waals surface area contributed by atoms with Gasteiger partial charge in [-0.1, -0.05) is 23.7 Å². The number of benzene rings is 2. The van der Waals surface area contributed by atoms with Crippen molar-refractivity contribution in [2.45, 2.75) is 26.0 Å². The standard InChI is InChI=1S/C24H27ClN2O4/c1-15(2)31-19-10-8-16(9-11-19)22(28)20-21(17-6-5-7-18(25)14-17)27(13-12-26(3)4)24(30)23(20)29/h5-11,14-15,21,28H,12-13H2,1-4H3/b22-20-. The number of Topliss-reactive ketones (excluding diaryl/α,β-unsaturated/α-hetero) is 1. The molecule has 1 aliphatic heterocycles. The first-order valence-corrected chi connectivity index (χ1v) is 10.5. The zero-order valence-corrected chi connectivity index (χ0v) is 18.9. The van der Waals surface area contributed by atoms with Gasteiger partial charge in [0.25, 0.3) is 11.7 Å². The van der Waals surface area contributed by atoms with Crippen molar-refractivity contribution in [3.63, 3.8) is 0 Å². The molecule has 1 amide bonds. The van der Waals surface area contributed by atoms with Crippen LogP contribution in [0.4, 0.5) is 0 Å². The van der Waals surface area contributed by atoms with Crippen molar-refractivity contribution in [1.29, 1.82) is 0 Å². The van der Waals surface area contributed by atoms with Gasteiger partial charge in [0.05, 0.1) is 17.7 Å². The van der Waals surface area contributed by atoms with Crippen molar-refractivity contribution in [2.24, 2.45) is 0 Å². The summed E-state index contributed by atoms with van der Waals surface area (Å²) in [6.07, 6.45) is 0.0179. The fourth-order valence-corrected chi connectivity index (χ4v) is 3.76. The Morgan fingerprint density at radius 1 is 1.16 bits per heavy atom. The Bertz CT molecular complexity index is 999. The minimum Gasteiger partial charge on any atom is -0.507 e. The predicted octanol–water partition coefficient (Wildman–Crippen LogP) is 4.11. The average molecular weight is 443 g/mol. The second kappa shape index (κ2) is 9.54. The van der Waals surface area contributed by atoms with E-state index in [9.17, 15) is 14.7 Å². The van der Waals surface area contributed by atoms with Crippen LogP contribution in [0, 0.1) is 0 Å². The molecular formula is C24H27ClN2O4. The molecule has 0 radical (unpaired) electrons. The first kappa shape index (κ1) is 22.8. The number of carbonyl (C=O) groups is 2. The Labute approximate surface area is 187 Å². The SMILES string of the molecule is CC(C)Oc1ccc(/C(O)=C2/C(=O)C(=O)N(CCN(C)C)C2c2cccc(Cl)c2)cc1. The van der Waals surface area contributed by atoms with E-state index in [2.05, 4.69) is 0 Å². The quantitative estimate of drug-likeness (QED) is 0.397. The number of hydrogen-bond donors (Lipinski definition) is 1. The summed E-state index contributed by atoms with van der Waals surface area (Å²) in [7, 11) is 3.79. The van der Waals surface area contributed by atoms with Crippen LogP contribution in [-0.2, 0) is 9.59 Å². The highest BCUT2D eigenvalue weighted by atomic mass is 35.5. The molecule has 2 aromatic rings. The molecule has 0 aromatic heterocycles. The molecule has 2 aromatic carbocycles. The molecular weight excluding hydrogens is 416 g/mol. The minimum absolute atomic E-state index is 0.0179. The summed E-state index contributed by atoms with van der Waals surface area (Å²) in [6, 6.07) is 13.1. The fourth-order valence-electron chi connectivity index (χ4n) is 3.56. The van der Waals surface area contributed by atoms with Crippen LogP contribution >= 0.6 is 11.6 Å². The van der Waals surface area contributed by atoms with E-state index < -0.39 is 17.7 Å². The van der Waals surface area contributed by atoms with Gasteiger partial charge < -0.3 is 19.6 Å². The molecule has 164 valence electrons. The van der Waals surface area contributed by atoms with Crippen molar-refractivity contribution in [3.05, 3.63) is 70.3 Å². The number of ketones is 1. The number of rotatable bonds is 7. The molecule has 1 heterocycles. The van der Waals surface area contributed by atoms with E-state index in [1.165, 1.54) is 4.90 Å². The van der Waals surface area contributed by atoms with Crippen LogP contribution in [0.5, 0.6) is 5.75 Å². The molecule has 0 saturated carbocycles. The molecule has 0 aliphatic carbocycles. The van der Waals surface area contributed by atoms with Crippen molar-refractivity contribution < 1.29 is 19.4 Å². The van der Waals surface area contributed by atoms with Crippen LogP contribution in [-0.4, -0.2) is 59.9 Å². The summed E-state index contributed by atoms with van der Waals surface area (Å²) in [5.41, 5.74) is 1.17. The Kier molecular flexibility index (Phi) is 7.03. The van der Waals surface area contributed by atoms with Crippen molar-refractivity contribution in [1.82, 2.24) is 9.80 Å². The lowest BCUT2D eigenvalue weighted by atomic mass is 9.95. The number of aliphatic hydroxyl groups excluding tert-OH is 1. The lowest BCUT2D eigenvalue weighted by molar-refractivity contribution is -0.140.